The fraction of sp³-hybridized carbons (Fsp3) is 0.632. The number of aliphatic imine (C=N–C) groups is 1. The van der Waals surface area contributed by atoms with Crippen LogP contribution in [0.2, 0.25) is 0 Å². The Morgan fingerprint density at radius 3 is 2.69 bits per heavy atom. The molecule has 0 radical (unpaired) electrons. The van der Waals surface area contributed by atoms with Crippen LogP contribution in [0.1, 0.15) is 45.1 Å². The van der Waals surface area contributed by atoms with Gasteiger partial charge in [-0.3, -0.25) is 0 Å². The van der Waals surface area contributed by atoms with E-state index < -0.39 is 9.84 Å². The third kappa shape index (κ3) is 7.23. The molecule has 1 aromatic rings. The summed E-state index contributed by atoms with van der Waals surface area (Å²) in [5.41, 5.74) is 1.06. The van der Waals surface area contributed by atoms with Gasteiger partial charge in [0.25, 0.3) is 0 Å². The van der Waals surface area contributed by atoms with E-state index in [9.17, 15) is 8.42 Å². The minimum atomic E-state index is -2.95. The molecule has 1 unspecified atom stereocenters. The molecule has 146 valence electrons. The average Bonchev–Trinajstić information content (AvgIpc) is 2.54. The Hall–Kier alpha value is -1.76. The highest BCUT2D eigenvalue weighted by Gasteiger charge is 2.20. The number of nitrogens with one attached hydrogen (secondary N) is 2. The molecule has 7 heteroatoms. The van der Waals surface area contributed by atoms with Gasteiger partial charge in [0.15, 0.2) is 5.96 Å². The molecule has 1 atom stereocenters. The quantitative estimate of drug-likeness (QED) is 0.507. The van der Waals surface area contributed by atoms with Gasteiger partial charge in [0, 0.05) is 24.4 Å². The SMILES string of the molecule is CCNC(=NCc1ccccc1OC1CCC1)NC(C)CCS(C)(=O)=O. The maximum Gasteiger partial charge on any atom is 0.191 e. The van der Waals surface area contributed by atoms with E-state index in [1.807, 2.05) is 38.1 Å². The number of guanidine groups is 1. The lowest BCUT2D eigenvalue weighted by molar-refractivity contribution is 0.119. The highest BCUT2D eigenvalue weighted by atomic mass is 32.2. The lowest BCUT2D eigenvalue weighted by Crippen LogP contribution is -2.42. The van der Waals surface area contributed by atoms with Gasteiger partial charge < -0.3 is 15.4 Å². The van der Waals surface area contributed by atoms with Crippen LogP contribution in [0.5, 0.6) is 5.75 Å². The minimum absolute atomic E-state index is 0.0176. The number of hydrogen-bond donors (Lipinski definition) is 2. The van der Waals surface area contributed by atoms with Crippen molar-refractivity contribution in [3.05, 3.63) is 29.8 Å². The van der Waals surface area contributed by atoms with Gasteiger partial charge in [0.05, 0.1) is 18.4 Å². The Bertz CT molecular complexity index is 700. The molecule has 0 heterocycles. The van der Waals surface area contributed by atoms with Gasteiger partial charge in [0.2, 0.25) is 0 Å². The molecular formula is C19H31N3O3S. The summed E-state index contributed by atoms with van der Waals surface area (Å²) < 4.78 is 28.7. The Balaban J connectivity index is 1.97. The van der Waals surface area contributed by atoms with Crippen LogP contribution in [0.3, 0.4) is 0 Å². The first-order chi connectivity index (χ1) is 12.4. The Kier molecular flexibility index (Phi) is 7.75. The number of nitrogens with zero attached hydrogens (tertiary/aromatic N) is 1. The molecule has 0 amide bonds. The standard InChI is InChI=1S/C19H31N3O3S/c1-4-20-19(22-15(2)12-13-26(3,23)24)21-14-16-8-5-6-11-18(16)25-17-9-7-10-17/h5-6,8,11,15,17H,4,7,9-10,12-14H2,1-3H3,(H2,20,21,22). The van der Waals surface area contributed by atoms with Crippen molar-refractivity contribution in [1.82, 2.24) is 10.6 Å². The Morgan fingerprint density at radius 2 is 2.08 bits per heavy atom. The second-order valence-electron chi connectivity index (χ2n) is 6.94. The summed E-state index contributed by atoms with van der Waals surface area (Å²) in [5, 5.41) is 6.49. The number of sulfone groups is 1. The van der Waals surface area contributed by atoms with Crippen molar-refractivity contribution in [2.75, 3.05) is 18.6 Å². The summed E-state index contributed by atoms with van der Waals surface area (Å²) >= 11 is 0. The highest BCUT2D eigenvalue weighted by Crippen LogP contribution is 2.27. The summed E-state index contributed by atoms with van der Waals surface area (Å²) in [6, 6.07) is 8.03. The molecule has 1 aromatic carbocycles. The van der Waals surface area contributed by atoms with Gasteiger partial charge >= 0.3 is 0 Å². The molecule has 1 saturated carbocycles. The third-order valence-corrected chi connectivity index (χ3v) is 5.35. The van der Waals surface area contributed by atoms with Crippen molar-refractivity contribution in [3.63, 3.8) is 0 Å². The summed E-state index contributed by atoms with van der Waals surface area (Å²) in [5.74, 6) is 1.76. The molecule has 0 saturated heterocycles. The van der Waals surface area contributed by atoms with E-state index >= 15 is 0 Å². The summed E-state index contributed by atoms with van der Waals surface area (Å²) in [6.07, 6.45) is 5.63. The van der Waals surface area contributed by atoms with E-state index in [1.54, 1.807) is 0 Å². The topological polar surface area (TPSA) is 79.8 Å². The van der Waals surface area contributed by atoms with Crippen molar-refractivity contribution in [2.24, 2.45) is 4.99 Å². The first-order valence-electron chi connectivity index (χ1n) is 9.34. The van der Waals surface area contributed by atoms with Crippen molar-refractivity contribution < 1.29 is 13.2 Å². The molecule has 2 N–H and O–H groups in total. The fourth-order valence-electron chi connectivity index (χ4n) is 2.60. The number of ether oxygens (including phenoxy) is 1. The van der Waals surface area contributed by atoms with Crippen LogP contribution in [0.4, 0.5) is 0 Å². The number of para-hydroxylation sites is 1. The van der Waals surface area contributed by atoms with Crippen LogP contribution in [-0.2, 0) is 16.4 Å². The molecule has 26 heavy (non-hydrogen) atoms. The predicted octanol–water partition coefficient (Wildman–Crippen LogP) is 2.50. The molecule has 0 bridgehead atoms. The van der Waals surface area contributed by atoms with Crippen LogP contribution in [0, 0.1) is 0 Å². The largest absolute Gasteiger partial charge is 0.490 e. The monoisotopic (exact) mass is 381 g/mol. The van der Waals surface area contributed by atoms with Gasteiger partial charge in [0.1, 0.15) is 15.6 Å². The first-order valence-corrected chi connectivity index (χ1v) is 11.4. The smallest absolute Gasteiger partial charge is 0.191 e. The second-order valence-corrected chi connectivity index (χ2v) is 9.20. The van der Waals surface area contributed by atoms with E-state index in [4.69, 9.17) is 4.74 Å². The summed E-state index contributed by atoms with van der Waals surface area (Å²) in [6.45, 7) is 5.22. The van der Waals surface area contributed by atoms with Gasteiger partial charge in [-0.05, 0) is 45.6 Å². The fourth-order valence-corrected chi connectivity index (χ4v) is 3.38. The zero-order valence-electron chi connectivity index (χ0n) is 16.0. The number of rotatable bonds is 9. The maximum absolute atomic E-state index is 11.3. The van der Waals surface area contributed by atoms with Crippen LogP contribution in [0.25, 0.3) is 0 Å². The van der Waals surface area contributed by atoms with E-state index in [1.165, 1.54) is 12.7 Å². The van der Waals surface area contributed by atoms with Gasteiger partial charge in [-0.2, -0.15) is 0 Å². The van der Waals surface area contributed by atoms with Crippen molar-refractivity contribution in [3.8, 4) is 5.75 Å². The predicted molar refractivity (Wildman–Crippen MR) is 106 cm³/mol. The lowest BCUT2D eigenvalue weighted by Gasteiger charge is -2.27. The molecule has 0 aromatic heterocycles. The average molecular weight is 382 g/mol. The van der Waals surface area contributed by atoms with Gasteiger partial charge in [-0.1, -0.05) is 18.2 Å². The number of benzene rings is 1. The van der Waals surface area contributed by atoms with E-state index in [0.29, 0.717) is 25.0 Å². The molecule has 0 spiro atoms. The summed E-state index contributed by atoms with van der Waals surface area (Å²) in [4.78, 5) is 4.64. The van der Waals surface area contributed by atoms with Crippen LogP contribution < -0.4 is 15.4 Å². The molecule has 0 aliphatic heterocycles. The van der Waals surface area contributed by atoms with Crippen molar-refractivity contribution in [2.45, 2.75) is 58.2 Å². The van der Waals surface area contributed by atoms with E-state index in [-0.39, 0.29) is 11.8 Å². The van der Waals surface area contributed by atoms with Gasteiger partial charge in [-0.25, -0.2) is 13.4 Å². The zero-order valence-corrected chi connectivity index (χ0v) is 16.8. The first kappa shape index (κ1) is 20.6. The molecule has 6 nitrogen and oxygen atoms in total. The lowest BCUT2D eigenvalue weighted by atomic mass is 9.96. The Labute approximate surface area is 157 Å². The normalized spacial score (nSPS) is 16.7. The van der Waals surface area contributed by atoms with Crippen LogP contribution in [-0.4, -0.2) is 45.1 Å². The maximum atomic E-state index is 11.3. The van der Waals surface area contributed by atoms with E-state index in [2.05, 4.69) is 15.6 Å². The Morgan fingerprint density at radius 1 is 1.35 bits per heavy atom. The molecule has 2 rings (SSSR count). The highest BCUT2D eigenvalue weighted by molar-refractivity contribution is 7.90. The van der Waals surface area contributed by atoms with Gasteiger partial charge in [-0.15, -0.1) is 0 Å². The van der Waals surface area contributed by atoms with Crippen LogP contribution >= 0.6 is 0 Å². The second kappa shape index (κ2) is 9.80. The minimum Gasteiger partial charge on any atom is -0.490 e. The third-order valence-electron chi connectivity index (χ3n) is 4.37. The van der Waals surface area contributed by atoms with Crippen LogP contribution in [0.15, 0.2) is 29.3 Å². The molecule has 1 aliphatic rings. The zero-order chi connectivity index (χ0) is 19.0. The molecule has 1 aliphatic carbocycles. The summed E-state index contributed by atoms with van der Waals surface area (Å²) in [7, 11) is -2.95. The van der Waals surface area contributed by atoms with Crippen molar-refractivity contribution in [1.29, 1.82) is 0 Å². The van der Waals surface area contributed by atoms with E-state index in [0.717, 1.165) is 30.7 Å². The number of hydrogen-bond acceptors (Lipinski definition) is 4. The van der Waals surface area contributed by atoms with Crippen molar-refractivity contribution >= 4 is 15.8 Å². The molecule has 1 fully saturated rings. The molecular weight excluding hydrogens is 350 g/mol.